The Balaban J connectivity index is 2.50. The lowest BCUT2D eigenvalue weighted by molar-refractivity contribution is 0.213. The lowest BCUT2D eigenvalue weighted by Gasteiger charge is -2.05. The van der Waals surface area contributed by atoms with Crippen molar-refractivity contribution in [2.75, 3.05) is 7.11 Å². The Kier molecular flexibility index (Phi) is 3.00. The van der Waals surface area contributed by atoms with Crippen molar-refractivity contribution in [1.82, 2.24) is 4.98 Å². The highest BCUT2D eigenvalue weighted by atomic mass is 16.6. The molecule has 1 aromatic heterocycles. The molecule has 0 atom stereocenters. The highest BCUT2D eigenvalue weighted by Gasteiger charge is 2.13. The van der Waals surface area contributed by atoms with Gasteiger partial charge in [-0.1, -0.05) is 29.4 Å². The van der Waals surface area contributed by atoms with Crippen LogP contribution >= 0.6 is 0 Å². The summed E-state index contributed by atoms with van der Waals surface area (Å²) in [5, 5.41) is 3.98. The molecule has 1 aromatic carbocycles. The van der Waals surface area contributed by atoms with E-state index in [2.05, 4.69) is 10.1 Å². The van der Waals surface area contributed by atoms with Crippen molar-refractivity contribution >= 4 is 5.71 Å². The van der Waals surface area contributed by atoms with E-state index in [9.17, 15) is 0 Å². The van der Waals surface area contributed by atoms with Gasteiger partial charge in [-0.05, 0) is 12.5 Å². The maximum Gasteiger partial charge on any atom is 0.181 e. The van der Waals surface area contributed by atoms with Gasteiger partial charge in [0.05, 0.1) is 6.20 Å². The third kappa shape index (κ3) is 1.95. The van der Waals surface area contributed by atoms with Crippen LogP contribution in [0, 0.1) is 6.92 Å². The number of oxazole rings is 1. The van der Waals surface area contributed by atoms with Crippen LogP contribution in [0.5, 0.6) is 0 Å². The van der Waals surface area contributed by atoms with Crippen LogP contribution in [0.4, 0.5) is 0 Å². The number of hydrogen-bond acceptors (Lipinski definition) is 4. The van der Waals surface area contributed by atoms with Gasteiger partial charge >= 0.3 is 0 Å². The first-order valence-corrected chi connectivity index (χ1v) is 4.89. The fraction of sp³-hybridized carbons (Fsp3) is 0.167. The topological polar surface area (TPSA) is 47.6 Å². The number of aromatic nitrogens is 1. The Hall–Kier alpha value is -2.10. The standard InChI is InChI=1S/C12H12N2O2/c1-9-5-3-4-6-10(9)12(14-15-2)11-7-13-8-16-11/h3-8H,1-2H3/b14-12-. The summed E-state index contributed by atoms with van der Waals surface area (Å²) < 4.78 is 5.24. The minimum Gasteiger partial charge on any atom is -0.442 e. The average Bonchev–Trinajstić information content (AvgIpc) is 2.80. The zero-order valence-electron chi connectivity index (χ0n) is 9.18. The van der Waals surface area contributed by atoms with Crippen LogP contribution in [0.15, 0.2) is 46.4 Å². The monoisotopic (exact) mass is 216 g/mol. The van der Waals surface area contributed by atoms with E-state index < -0.39 is 0 Å². The van der Waals surface area contributed by atoms with Crippen molar-refractivity contribution < 1.29 is 9.25 Å². The second-order valence-corrected chi connectivity index (χ2v) is 3.30. The van der Waals surface area contributed by atoms with Crippen LogP contribution in [0.1, 0.15) is 16.9 Å². The first-order valence-electron chi connectivity index (χ1n) is 4.89. The number of hydrogen-bond donors (Lipinski definition) is 0. The summed E-state index contributed by atoms with van der Waals surface area (Å²) in [6, 6.07) is 7.90. The molecule has 0 saturated carbocycles. The molecule has 16 heavy (non-hydrogen) atoms. The molecule has 1 heterocycles. The molecule has 2 rings (SSSR count). The summed E-state index contributed by atoms with van der Waals surface area (Å²) in [7, 11) is 1.51. The zero-order valence-corrected chi connectivity index (χ0v) is 9.18. The molecule has 0 fully saturated rings. The lowest BCUT2D eigenvalue weighted by atomic mass is 10.0. The van der Waals surface area contributed by atoms with Crippen LogP contribution < -0.4 is 0 Å². The Bertz CT molecular complexity index is 489. The molecule has 0 aliphatic carbocycles. The Morgan fingerprint density at radius 3 is 2.81 bits per heavy atom. The van der Waals surface area contributed by atoms with E-state index in [1.807, 2.05) is 31.2 Å². The van der Waals surface area contributed by atoms with Gasteiger partial charge < -0.3 is 9.25 Å². The van der Waals surface area contributed by atoms with Crippen LogP contribution in [0.2, 0.25) is 0 Å². The third-order valence-corrected chi connectivity index (χ3v) is 2.25. The van der Waals surface area contributed by atoms with E-state index >= 15 is 0 Å². The van der Waals surface area contributed by atoms with E-state index in [0.717, 1.165) is 11.1 Å². The molecule has 0 amide bonds. The maximum atomic E-state index is 5.24. The van der Waals surface area contributed by atoms with Crippen molar-refractivity contribution in [2.45, 2.75) is 6.92 Å². The van der Waals surface area contributed by atoms with Crippen molar-refractivity contribution in [2.24, 2.45) is 5.16 Å². The van der Waals surface area contributed by atoms with Crippen molar-refractivity contribution in [1.29, 1.82) is 0 Å². The largest absolute Gasteiger partial charge is 0.442 e. The molecule has 0 radical (unpaired) electrons. The Morgan fingerprint density at radius 1 is 1.38 bits per heavy atom. The van der Waals surface area contributed by atoms with Crippen LogP contribution in [-0.2, 0) is 4.84 Å². The van der Waals surface area contributed by atoms with Crippen molar-refractivity contribution in [3.8, 4) is 0 Å². The molecule has 4 nitrogen and oxygen atoms in total. The van der Waals surface area contributed by atoms with E-state index in [4.69, 9.17) is 9.25 Å². The van der Waals surface area contributed by atoms with Gasteiger partial charge in [-0.25, -0.2) is 4.98 Å². The second-order valence-electron chi connectivity index (χ2n) is 3.30. The smallest absolute Gasteiger partial charge is 0.181 e. The molecule has 0 N–H and O–H groups in total. The summed E-state index contributed by atoms with van der Waals surface area (Å²) in [6.07, 6.45) is 2.99. The fourth-order valence-corrected chi connectivity index (χ4v) is 1.49. The molecule has 0 aliphatic heterocycles. The molecular weight excluding hydrogens is 204 g/mol. The first-order chi connectivity index (χ1) is 7.83. The second kappa shape index (κ2) is 4.61. The molecule has 0 bridgehead atoms. The summed E-state index contributed by atoms with van der Waals surface area (Å²) >= 11 is 0. The predicted molar refractivity (Wildman–Crippen MR) is 60.3 cm³/mol. The maximum absolute atomic E-state index is 5.24. The molecule has 0 aliphatic rings. The third-order valence-electron chi connectivity index (χ3n) is 2.25. The van der Waals surface area contributed by atoms with Gasteiger partial charge in [0.25, 0.3) is 0 Å². The normalized spacial score (nSPS) is 11.5. The highest BCUT2D eigenvalue weighted by molar-refractivity contribution is 6.11. The number of aryl methyl sites for hydroxylation is 1. The van der Waals surface area contributed by atoms with E-state index in [-0.39, 0.29) is 0 Å². The van der Waals surface area contributed by atoms with Crippen LogP contribution in [0.25, 0.3) is 0 Å². The SMILES string of the molecule is CO/N=C(\c1cnco1)c1ccccc1C. The van der Waals surface area contributed by atoms with Gasteiger partial charge in [0.2, 0.25) is 0 Å². The molecule has 0 saturated heterocycles. The van der Waals surface area contributed by atoms with Crippen molar-refractivity contribution in [3.63, 3.8) is 0 Å². The molecule has 0 unspecified atom stereocenters. The molecule has 0 spiro atoms. The minimum absolute atomic E-state index is 0.594. The van der Waals surface area contributed by atoms with Crippen LogP contribution in [0.3, 0.4) is 0 Å². The van der Waals surface area contributed by atoms with Gasteiger partial charge in [-0.3, -0.25) is 0 Å². The molecule has 4 heteroatoms. The summed E-state index contributed by atoms with van der Waals surface area (Å²) in [4.78, 5) is 8.71. The lowest BCUT2D eigenvalue weighted by Crippen LogP contribution is -2.04. The van der Waals surface area contributed by atoms with Crippen LogP contribution in [-0.4, -0.2) is 17.8 Å². The van der Waals surface area contributed by atoms with E-state index in [0.29, 0.717) is 11.5 Å². The van der Waals surface area contributed by atoms with E-state index in [1.54, 1.807) is 6.20 Å². The number of benzene rings is 1. The molecular formula is C12H12N2O2. The molecule has 2 aromatic rings. The number of rotatable bonds is 3. The number of nitrogens with zero attached hydrogens (tertiary/aromatic N) is 2. The average molecular weight is 216 g/mol. The Morgan fingerprint density at radius 2 is 2.19 bits per heavy atom. The predicted octanol–water partition coefficient (Wildman–Crippen LogP) is 2.38. The quantitative estimate of drug-likeness (QED) is 0.584. The van der Waals surface area contributed by atoms with Gasteiger partial charge in [-0.15, -0.1) is 0 Å². The summed E-state index contributed by atoms with van der Waals surface area (Å²) in [5.74, 6) is 0.594. The van der Waals surface area contributed by atoms with Gasteiger partial charge in [0.15, 0.2) is 17.9 Å². The van der Waals surface area contributed by atoms with Gasteiger partial charge in [0, 0.05) is 5.56 Å². The molecule has 82 valence electrons. The first kappa shape index (κ1) is 10.4. The Labute approximate surface area is 93.6 Å². The zero-order chi connectivity index (χ0) is 11.4. The number of oxime groups is 1. The summed E-state index contributed by atoms with van der Waals surface area (Å²) in [5.41, 5.74) is 2.73. The summed E-state index contributed by atoms with van der Waals surface area (Å²) in [6.45, 7) is 2.01. The van der Waals surface area contributed by atoms with Gasteiger partial charge in [-0.2, -0.15) is 0 Å². The van der Waals surface area contributed by atoms with E-state index in [1.165, 1.54) is 13.5 Å². The highest BCUT2D eigenvalue weighted by Crippen LogP contribution is 2.14. The van der Waals surface area contributed by atoms with Gasteiger partial charge in [0.1, 0.15) is 7.11 Å². The fourth-order valence-electron chi connectivity index (χ4n) is 1.49. The van der Waals surface area contributed by atoms with Crippen molar-refractivity contribution in [3.05, 3.63) is 53.7 Å². The minimum atomic E-state index is 0.594.